The minimum atomic E-state index is 0.589. The van der Waals surface area contributed by atoms with E-state index in [0.29, 0.717) is 17.9 Å². The van der Waals surface area contributed by atoms with Gasteiger partial charge in [0.15, 0.2) is 5.69 Å². The molecular weight excluding hydrogens is 258 g/mol. The Morgan fingerprint density at radius 2 is 2.14 bits per heavy atom. The molecule has 1 aliphatic rings. The Bertz CT molecular complexity index is 677. The Morgan fingerprint density at radius 3 is 2.86 bits per heavy atom. The predicted octanol–water partition coefficient (Wildman–Crippen LogP) is 4.55. The summed E-state index contributed by atoms with van der Waals surface area (Å²) >= 11 is 0. The van der Waals surface area contributed by atoms with Crippen LogP contribution in [0.25, 0.3) is 15.7 Å². The van der Waals surface area contributed by atoms with Crippen molar-refractivity contribution in [2.75, 3.05) is 14.1 Å². The third-order valence-electron chi connectivity index (χ3n) is 5.23. The molecule has 0 spiro atoms. The van der Waals surface area contributed by atoms with Crippen LogP contribution >= 0.6 is 0 Å². The van der Waals surface area contributed by atoms with E-state index < -0.39 is 0 Å². The lowest BCUT2D eigenvalue weighted by Gasteiger charge is -2.30. The summed E-state index contributed by atoms with van der Waals surface area (Å²) in [5.74, 6) is 1.31. The van der Waals surface area contributed by atoms with Crippen molar-refractivity contribution in [2.24, 2.45) is 5.92 Å². The minimum Gasteiger partial charge on any atom is -0.361 e. The fraction of sp³-hybridized carbons (Fsp3) is 0.500. The van der Waals surface area contributed by atoms with Crippen LogP contribution in [0.15, 0.2) is 24.4 Å². The van der Waals surface area contributed by atoms with Crippen molar-refractivity contribution in [3.05, 3.63) is 41.4 Å². The van der Waals surface area contributed by atoms with E-state index in [2.05, 4.69) is 41.9 Å². The molecule has 1 N–H and O–H groups in total. The molecule has 0 amide bonds. The van der Waals surface area contributed by atoms with E-state index in [-0.39, 0.29) is 0 Å². The van der Waals surface area contributed by atoms with Crippen LogP contribution in [0, 0.1) is 12.5 Å². The van der Waals surface area contributed by atoms with Crippen LogP contribution in [0.1, 0.15) is 37.7 Å². The summed E-state index contributed by atoms with van der Waals surface area (Å²) in [6, 6.07) is 6.56. The van der Waals surface area contributed by atoms with Gasteiger partial charge in [-0.25, -0.2) is 4.85 Å². The number of hydrogen-bond acceptors (Lipinski definition) is 1. The summed E-state index contributed by atoms with van der Waals surface area (Å²) in [6.45, 7) is 9.56. The number of rotatable bonds is 3. The summed E-state index contributed by atoms with van der Waals surface area (Å²) in [7, 11) is 4.35. The Balaban J connectivity index is 2.01. The van der Waals surface area contributed by atoms with Crippen molar-refractivity contribution >= 4 is 16.6 Å². The Kier molecular flexibility index (Phi) is 3.73. The molecule has 1 fully saturated rings. The molecule has 1 aromatic heterocycles. The standard InChI is InChI=1S/C18H23N3/c1-12(21(3)4)14-6-5-7-15(14)17-11-20-18-9-8-13(19-2)10-16(17)18/h8-12,14-15,20H,5-7H2,1,3-4H3/t12?,14-,15?/m1/s1. The third-order valence-corrected chi connectivity index (χ3v) is 5.23. The van der Waals surface area contributed by atoms with Crippen LogP contribution in [-0.2, 0) is 0 Å². The van der Waals surface area contributed by atoms with Gasteiger partial charge in [0, 0.05) is 17.8 Å². The number of aromatic nitrogens is 1. The van der Waals surface area contributed by atoms with Crippen molar-refractivity contribution in [1.82, 2.24) is 9.88 Å². The number of H-pyrrole nitrogens is 1. The van der Waals surface area contributed by atoms with Gasteiger partial charge in [0.2, 0.25) is 0 Å². The molecule has 2 unspecified atom stereocenters. The molecule has 2 aromatic rings. The smallest absolute Gasteiger partial charge is 0.187 e. The van der Waals surface area contributed by atoms with Gasteiger partial charge in [0.25, 0.3) is 0 Å². The van der Waals surface area contributed by atoms with Gasteiger partial charge in [-0.15, -0.1) is 0 Å². The van der Waals surface area contributed by atoms with Crippen molar-refractivity contribution in [1.29, 1.82) is 0 Å². The summed E-state index contributed by atoms with van der Waals surface area (Å²) in [4.78, 5) is 9.30. The number of aromatic amines is 1. The van der Waals surface area contributed by atoms with Gasteiger partial charge in [-0.3, -0.25) is 0 Å². The molecule has 3 atom stereocenters. The third kappa shape index (κ3) is 2.45. The van der Waals surface area contributed by atoms with Crippen molar-refractivity contribution in [3.63, 3.8) is 0 Å². The summed E-state index contributed by atoms with van der Waals surface area (Å²) in [5.41, 5.74) is 3.30. The zero-order valence-corrected chi connectivity index (χ0v) is 13.1. The lowest BCUT2D eigenvalue weighted by molar-refractivity contribution is 0.216. The van der Waals surface area contributed by atoms with E-state index in [1.165, 1.54) is 30.2 Å². The number of nitrogens with one attached hydrogen (secondary N) is 1. The molecule has 1 aliphatic carbocycles. The topological polar surface area (TPSA) is 23.4 Å². The van der Waals surface area contributed by atoms with Gasteiger partial charge in [-0.1, -0.05) is 12.5 Å². The highest BCUT2D eigenvalue weighted by molar-refractivity contribution is 5.87. The fourth-order valence-electron chi connectivity index (χ4n) is 3.84. The van der Waals surface area contributed by atoms with Gasteiger partial charge in [-0.05, 0) is 68.8 Å². The molecule has 3 nitrogen and oxygen atoms in total. The number of nitrogens with zero attached hydrogens (tertiary/aromatic N) is 2. The monoisotopic (exact) mass is 281 g/mol. The van der Waals surface area contributed by atoms with Gasteiger partial charge in [0.05, 0.1) is 6.57 Å². The lowest BCUT2D eigenvalue weighted by Crippen LogP contribution is -2.33. The van der Waals surface area contributed by atoms with Crippen LogP contribution in [0.2, 0.25) is 0 Å². The van der Waals surface area contributed by atoms with Crippen molar-refractivity contribution in [2.45, 2.75) is 38.1 Å². The van der Waals surface area contributed by atoms with Gasteiger partial charge in [-0.2, -0.15) is 0 Å². The summed E-state index contributed by atoms with van der Waals surface area (Å²) in [5, 5.41) is 1.24. The maximum atomic E-state index is 7.22. The van der Waals surface area contributed by atoms with Gasteiger partial charge < -0.3 is 9.88 Å². The van der Waals surface area contributed by atoms with E-state index >= 15 is 0 Å². The summed E-state index contributed by atoms with van der Waals surface area (Å²) < 4.78 is 0. The minimum absolute atomic E-state index is 0.589. The van der Waals surface area contributed by atoms with Crippen molar-refractivity contribution < 1.29 is 0 Å². The van der Waals surface area contributed by atoms with E-state index in [1.807, 2.05) is 18.2 Å². The number of hydrogen-bond donors (Lipinski definition) is 1. The van der Waals surface area contributed by atoms with Crippen molar-refractivity contribution in [3.8, 4) is 0 Å². The fourth-order valence-corrected chi connectivity index (χ4v) is 3.84. The Hall–Kier alpha value is -1.79. The van der Waals surface area contributed by atoms with E-state index in [9.17, 15) is 0 Å². The molecule has 1 saturated carbocycles. The van der Waals surface area contributed by atoms with E-state index in [0.717, 1.165) is 11.2 Å². The van der Waals surface area contributed by atoms with Gasteiger partial charge >= 0.3 is 0 Å². The van der Waals surface area contributed by atoms with E-state index in [4.69, 9.17) is 6.57 Å². The van der Waals surface area contributed by atoms with Gasteiger partial charge in [0.1, 0.15) is 0 Å². The summed E-state index contributed by atoms with van der Waals surface area (Å²) in [6.07, 6.45) is 6.05. The first kappa shape index (κ1) is 14.2. The van der Waals surface area contributed by atoms with Crippen LogP contribution in [-0.4, -0.2) is 30.0 Å². The predicted molar refractivity (Wildman–Crippen MR) is 87.8 cm³/mol. The first-order valence-electron chi connectivity index (χ1n) is 7.76. The second kappa shape index (κ2) is 5.54. The average Bonchev–Trinajstić information content (AvgIpc) is 3.11. The zero-order valence-electron chi connectivity index (χ0n) is 13.1. The first-order chi connectivity index (χ1) is 10.1. The number of fused-ring (bicyclic) bond motifs is 1. The largest absolute Gasteiger partial charge is 0.361 e. The van der Waals surface area contributed by atoms with Crippen LogP contribution < -0.4 is 0 Å². The molecule has 0 aliphatic heterocycles. The van der Waals surface area contributed by atoms with Crippen LogP contribution in [0.3, 0.4) is 0 Å². The highest BCUT2D eigenvalue weighted by atomic mass is 15.1. The molecule has 110 valence electrons. The SMILES string of the molecule is [C-]#[N+]c1ccc2[nH]cc(C3CCC[C@@H]3C(C)N(C)C)c2c1. The quantitative estimate of drug-likeness (QED) is 0.819. The second-order valence-electron chi connectivity index (χ2n) is 6.49. The highest BCUT2D eigenvalue weighted by Crippen LogP contribution is 2.45. The Labute approximate surface area is 126 Å². The van der Waals surface area contributed by atoms with Crippen LogP contribution in [0.4, 0.5) is 5.69 Å². The molecule has 3 heteroatoms. The maximum absolute atomic E-state index is 7.22. The first-order valence-corrected chi connectivity index (χ1v) is 7.76. The normalized spacial score (nSPS) is 23.6. The number of benzene rings is 1. The highest BCUT2D eigenvalue weighted by Gasteiger charge is 2.34. The van der Waals surface area contributed by atoms with Crippen LogP contribution in [0.5, 0.6) is 0 Å². The zero-order chi connectivity index (χ0) is 15.0. The molecule has 0 radical (unpaired) electrons. The molecule has 0 saturated heterocycles. The molecular formula is C18H23N3. The molecule has 1 aromatic carbocycles. The average molecular weight is 281 g/mol. The van der Waals surface area contributed by atoms with E-state index in [1.54, 1.807) is 0 Å². The Morgan fingerprint density at radius 1 is 1.33 bits per heavy atom. The second-order valence-corrected chi connectivity index (χ2v) is 6.49. The molecule has 0 bridgehead atoms. The lowest BCUT2D eigenvalue weighted by atomic mass is 9.84. The molecule has 1 heterocycles. The molecule has 3 rings (SSSR count). The maximum Gasteiger partial charge on any atom is 0.187 e. The molecule has 21 heavy (non-hydrogen) atoms.